The van der Waals surface area contributed by atoms with E-state index in [2.05, 4.69) is 11.1 Å². The van der Waals surface area contributed by atoms with E-state index in [4.69, 9.17) is 23.2 Å². The molecule has 3 nitrogen and oxygen atoms in total. The monoisotopic (exact) mass is 319 g/mol. The van der Waals surface area contributed by atoms with Crippen molar-refractivity contribution in [3.63, 3.8) is 0 Å². The van der Waals surface area contributed by atoms with E-state index in [1.807, 2.05) is 35.9 Å². The molecule has 0 spiro atoms. The van der Waals surface area contributed by atoms with Crippen LogP contribution in [-0.2, 0) is 12.0 Å². The third kappa shape index (κ3) is 3.47. The fourth-order valence-electron chi connectivity index (χ4n) is 2.29. The lowest BCUT2D eigenvalue weighted by atomic mass is 9.78. The summed E-state index contributed by atoms with van der Waals surface area (Å²) in [4.78, 5) is 4.03. The molecule has 0 N–H and O–H groups in total. The molecule has 0 bridgehead atoms. The number of allylic oxidation sites excluding steroid dienone is 2. The minimum absolute atomic E-state index is 0.481. The molecule has 0 amide bonds. The van der Waals surface area contributed by atoms with Gasteiger partial charge < -0.3 is 4.57 Å². The highest BCUT2D eigenvalue weighted by molar-refractivity contribution is 6.35. The maximum atomic E-state index is 9.84. The number of imidazole rings is 1. The third-order valence-electron chi connectivity index (χ3n) is 3.37. The van der Waals surface area contributed by atoms with E-state index in [0.717, 1.165) is 5.56 Å². The molecule has 1 aromatic carbocycles. The van der Waals surface area contributed by atoms with Crippen molar-refractivity contribution in [3.05, 3.63) is 64.7 Å². The molecule has 1 aromatic heterocycles. The van der Waals surface area contributed by atoms with Gasteiger partial charge in [-0.1, -0.05) is 41.4 Å². The Kier molecular flexibility index (Phi) is 5.06. The molecule has 2 aromatic rings. The van der Waals surface area contributed by atoms with Crippen LogP contribution in [-0.4, -0.2) is 9.55 Å². The zero-order valence-corrected chi connectivity index (χ0v) is 13.1. The van der Waals surface area contributed by atoms with Gasteiger partial charge in [0.25, 0.3) is 0 Å². The second-order valence-corrected chi connectivity index (χ2v) is 5.67. The molecule has 1 unspecified atom stereocenters. The standard InChI is InChI=1S/C16H15Cl2N3/c1-2-3-6-16(10-19,11-21-8-7-20-12-21)14-5-4-13(17)9-15(14)18/h2-5,7-9,12H,6,11H2,1H3. The van der Waals surface area contributed by atoms with Crippen molar-refractivity contribution in [2.45, 2.75) is 25.3 Å². The predicted molar refractivity (Wildman–Crippen MR) is 85.4 cm³/mol. The van der Waals surface area contributed by atoms with E-state index in [1.165, 1.54) is 0 Å². The lowest BCUT2D eigenvalue weighted by molar-refractivity contribution is 0.460. The van der Waals surface area contributed by atoms with Crippen LogP contribution in [0.4, 0.5) is 0 Å². The Morgan fingerprint density at radius 2 is 2.24 bits per heavy atom. The summed E-state index contributed by atoms with van der Waals surface area (Å²) in [6.07, 6.45) is 9.72. The van der Waals surface area contributed by atoms with Gasteiger partial charge in [-0.3, -0.25) is 0 Å². The average molecular weight is 320 g/mol. The zero-order chi connectivity index (χ0) is 15.3. The molecular formula is C16H15Cl2N3. The first-order valence-corrected chi connectivity index (χ1v) is 7.30. The lowest BCUT2D eigenvalue weighted by Gasteiger charge is -2.27. The molecule has 0 aliphatic rings. The Hall–Kier alpha value is -1.76. The lowest BCUT2D eigenvalue weighted by Crippen LogP contribution is -2.29. The van der Waals surface area contributed by atoms with Crippen molar-refractivity contribution in [2.75, 3.05) is 0 Å². The quantitative estimate of drug-likeness (QED) is 0.755. The molecule has 2 rings (SSSR count). The number of nitriles is 1. The Balaban J connectivity index is 2.50. The van der Waals surface area contributed by atoms with E-state index in [9.17, 15) is 5.26 Å². The summed E-state index contributed by atoms with van der Waals surface area (Å²) in [5.41, 5.74) is 0.0254. The van der Waals surface area contributed by atoms with Crippen LogP contribution in [0.3, 0.4) is 0 Å². The molecule has 1 heterocycles. The van der Waals surface area contributed by atoms with Gasteiger partial charge in [-0.25, -0.2) is 4.98 Å². The molecule has 5 heteroatoms. The van der Waals surface area contributed by atoms with Crippen molar-refractivity contribution < 1.29 is 0 Å². The molecule has 0 saturated heterocycles. The van der Waals surface area contributed by atoms with Gasteiger partial charge in [-0.2, -0.15) is 5.26 Å². The van der Waals surface area contributed by atoms with Gasteiger partial charge in [0.2, 0.25) is 0 Å². The molecule has 21 heavy (non-hydrogen) atoms. The molecule has 0 fully saturated rings. The minimum atomic E-state index is -0.755. The highest BCUT2D eigenvalue weighted by Gasteiger charge is 2.33. The Labute approximate surface area is 134 Å². The van der Waals surface area contributed by atoms with Gasteiger partial charge in [0.1, 0.15) is 5.41 Å². The summed E-state index contributed by atoms with van der Waals surface area (Å²) in [5.74, 6) is 0. The minimum Gasteiger partial charge on any atom is -0.336 e. The smallest absolute Gasteiger partial charge is 0.105 e. The normalized spacial score (nSPS) is 14.0. The van der Waals surface area contributed by atoms with E-state index in [1.54, 1.807) is 24.7 Å². The van der Waals surface area contributed by atoms with E-state index in [-0.39, 0.29) is 0 Å². The zero-order valence-electron chi connectivity index (χ0n) is 11.6. The van der Waals surface area contributed by atoms with Gasteiger partial charge in [0.15, 0.2) is 0 Å². The first kappa shape index (κ1) is 15.6. The number of hydrogen-bond acceptors (Lipinski definition) is 2. The fourth-order valence-corrected chi connectivity index (χ4v) is 2.88. The van der Waals surface area contributed by atoms with Gasteiger partial charge in [0, 0.05) is 29.0 Å². The van der Waals surface area contributed by atoms with Crippen LogP contribution in [0.25, 0.3) is 0 Å². The number of nitrogens with zero attached hydrogens (tertiary/aromatic N) is 3. The van der Waals surface area contributed by atoms with E-state index >= 15 is 0 Å². The number of aromatic nitrogens is 2. The molecule has 1 atom stereocenters. The van der Waals surface area contributed by atoms with Crippen molar-refractivity contribution in [1.82, 2.24) is 9.55 Å². The number of benzene rings is 1. The van der Waals surface area contributed by atoms with Crippen LogP contribution >= 0.6 is 23.2 Å². The van der Waals surface area contributed by atoms with Crippen molar-refractivity contribution in [1.29, 1.82) is 5.26 Å². The van der Waals surface area contributed by atoms with Crippen molar-refractivity contribution in [3.8, 4) is 6.07 Å². The van der Waals surface area contributed by atoms with Crippen LogP contribution in [0.15, 0.2) is 49.1 Å². The van der Waals surface area contributed by atoms with Crippen LogP contribution in [0.5, 0.6) is 0 Å². The number of rotatable bonds is 5. The highest BCUT2D eigenvalue weighted by Crippen LogP contribution is 2.36. The van der Waals surface area contributed by atoms with Crippen molar-refractivity contribution >= 4 is 23.2 Å². The average Bonchev–Trinajstić information content (AvgIpc) is 2.96. The molecule has 108 valence electrons. The summed E-state index contributed by atoms with van der Waals surface area (Å²) in [5, 5.41) is 10.9. The van der Waals surface area contributed by atoms with Gasteiger partial charge >= 0.3 is 0 Å². The second-order valence-electron chi connectivity index (χ2n) is 4.83. The Morgan fingerprint density at radius 1 is 1.43 bits per heavy atom. The summed E-state index contributed by atoms with van der Waals surface area (Å²) < 4.78 is 1.89. The SMILES string of the molecule is CC=CCC(C#N)(Cn1ccnc1)c1ccc(Cl)cc1Cl. The molecule has 0 aliphatic carbocycles. The van der Waals surface area contributed by atoms with E-state index < -0.39 is 5.41 Å². The van der Waals surface area contributed by atoms with Gasteiger partial charge in [-0.15, -0.1) is 0 Å². The summed E-state index contributed by atoms with van der Waals surface area (Å²) in [6, 6.07) is 7.70. The van der Waals surface area contributed by atoms with E-state index in [0.29, 0.717) is 23.0 Å². The van der Waals surface area contributed by atoms with Gasteiger partial charge in [-0.05, 0) is 31.0 Å². The maximum absolute atomic E-state index is 9.84. The van der Waals surface area contributed by atoms with Crippen molar-refractivity contribution in [2.24, 2.45) is 0 Å². The summed E-state index contributed by atoms with van der Waals surface area (Å²) in [7, 11) is 0. The largest absolute Gasteiger partial charge is 0.336 e. The van der Waals surface area contributed by atoms with Crippen LogP contribution in [0.1, 0.15) is 18.9 Å². The molecule has 0 aliphatic heterocycles. The Morgan fingerprint density at radius 3 is 2.81 bits per heavy atom. The molecule has 0 saturated carbocycles. The summed E-state index contributed by atoms with van der Waals surface area (Å²) in [6.45, 7) is 2.41. The number of halogens is 2. The molecular weight excluding hydrogens is 305 g/mol. The highest BCUT2D eigenvalue weighted by atomic mass is 35.5. The fraction of sp³-hybridized carbons (Fsp3) is 0.250. The maximum Gasteiger partial charge on any atom is 0.105 e. The first-order valence-electron chi connectivity index (χ1n) is 6.55. The second kappa shape index (κ2) is 6.80. The third-order valence-corrected chi connectivity index (χ3v) is 3.92. The summed E-state index contributed by atoms with van der Waals surface area (Å²) >= 11 is 12.3. The van der Waals surface area contributed by atoms with Crippen LogP contribution in [0.2, 0.25) is 10.0 Å². The first-order chi connectivity index (χ1) is 10.1. The Bertz CT molecular complexity index is 671. The van der Waals surface area contributed by atoms with Crippen LogP contribution in [0, 0.1) is 11.3 Å². The predicted octanol–water partition coefficient (Wildman–Crippen LogP) is 4.62. The molecule has 0 radical (unpaired) electrons. The van der Waals surface area contributed by atoms with Crippen LogP contribution < -0.4 is 0 Å². The van der Waals surface area contributed by atoms with Gasteiger partial charge in [0.05, 0.1) is 12.4 Å². The topological polar surface area (TPSA) is 41.6 Å². The number of hydrogen-bond donors (Lipinski definition) is 0.